The van der Waals surface area contributed by atoms with E-state index in [1.54, 1.807) is 10.9 Å². The lowest BCUT2D eigenvalue weighted by Gasteiger charge is -2.26. The molecule has 12 heavy (non-hydrogen) atoms. The maximum absolute atomic E-state index is 11.3. The highest BCUT2D eigenvalue weighted by Gasteiger charge is 2.21. The fourth-order valence-electron chi connectivity index (χ4n) is 0.903. The number of aromatic nitrogens is 1. The van der Waals surface area contributed by atoms with E-state index < -0.39 is 0 Å². The Morgan fingerprint density at radius 3 is 3.08 bits per heavy atom. The van der Waals surface area contributed by atoms with Gasteiger partial charge in [-0.1, -0.05) is 0 Å². The van der Waals surface area contributed by atoms with Gasteiger partial charge in [0.1, 0.15) is 5.69 Å². The number of amides is 1. The Morgan fingerprint density at radius 2 is 2.58 bits per heavy atom. The highest BCUT2D eigenvalue weighted by Crippen LogP contribution is 2.04. The van der Waals surface area contributed by atoms with Gasteiger partial charge in [-0.2, -0.15) is 0 Å². The van der Waals surface area contributed by atoms with Gasteiger partial charge in [0.25, 0.3) is 5.91 Å². The van der Waals surface area contributed by atoms with E-state index in [4.69, 9.17) is 4.74 Å². The number of hydrogen-bond acceptors (Lipinski definition) is 4. The Hall–Kier alpha value is -0.940. The summed E-state index contributed by atoms with van der Waals surface area (Å²) in [7, 11) is 0. The Balaban J connectivity index is 1.92. The first-order valence-corrected chi connectivity index (χ1v) is 4.57. The number of nitrogens with one attached hydrogen (secondary N) is 1. The number of rotatable bonds is 2. The molecule has 1 aliphatic rings. The summed E-state index contributed by atoms with van der Waals surface area (Å²) in [6.45, 7) is 1.24. The molecule has 0 saturated carbocycles. The minimum Gasteiger partial charge on any atom is -0.377 e. The summed E-state index contributed by atoms with van der Waals surface area (Å²) in [5, 5.41) is 4.53. The molecule has 64 valence electrons. The monoisotopic (exact) mass is 184 g/mol. The van der Waals surface area contributed by atoms with Gasteiger partial charge in [0.15, 0.2) is 0 Å². The summed E-state index contributed by atoms with van der Waals surface area (Å²) in [4.78, 5) is 15.2. The molecule has 0 radical (unpaired) electrons. The number of carbonyl (C=O) groups is 1. The van der Waals surface area contributed by atoms with Crippen LogP contribution in [0, 0.1) is 0 Å². The fourth-order valence-corrected chi connectivity index (χ4v) is 1.44. The Bertz CT molecular complexity index is 269. The predicted molar refractivity (Wildman–Crippen MR) is 44.2 cm³/mol. The second-order valence-electron chi connectivity index (χ2n) is 2.58. The Morgan fingerprint density at radius 1 is 1.75 bits per heavy atom. The largest absolute Gasteiger partial charge is 0.377 e. The fraction of sp³-hybridized carbons (Fsp3) is 0.429. The van der Waals surface area contributed by atoms with Crippen molar-refractivity contribution in [3.05, 3.63) is 16.6 Å². The molecular weight excluding hydrogens is 176 g/mol. The molecule has 2 heterocycles. The average molecular weight is 184 g/mol. The second kappa shape index (κ2) is 3.20. The standard InChI is InChI=1S/C7H8N2O2S/c10-7(6-3-12-4-8-6)9-5-1-11-2-5/h3-5H,1-2H2,(H,9,10). The second-order valence-corrected chi connectivity index (χ2v) is 3.30. The van der Waals surface area contributed by atoms with Crippen LogP contribution in [-0.4, -0.2) is 30.1 Å². The van der Waals surface area contributed by atoms with E-state index in [9.17, 15) is 4.79 Å². The first kappa shape index (κ1) is 7.70. The predicted octanol–water partition coefficient (Wildman–Crippen LogP) is 0.272. The van der Waals surface area contributed by atoms with Crippen molar-refractivity contribution >= 4 is 17.2 Å². The van der Waals surface area contributed by atoms with E-state index in [1.165, 1.54) is 11.3 Å². The van der Waals surface area contributed by atoms with Gasteiger partial charge in [0.05, 0.1) is 24.8 Å². The van der Waals surface area contributed by atoms with Gasteiger partial charge in [0.2, 0.25) is 0 Å². The van der Waals surface area contributed by atoms with Gasteiger partial charge in [-0.25, -0.2) is 4.98 Å². The van der Waals surface area contributed by atoms with Crippen molar-refractivity contribution in [1.82, 2.24) is 10.3 Å². The first-order chi connectivity index (χ1) is 5.86. The summed E-state index contributed by atoms with van der Waals surface area (Å²) < 4.78 is 4.92. The summed E-state index contributed by atoms with van der Waals surface area (Å²) in [5.41, 5.74) is 2.14. The highest BCUT2D eigenvalue weighted by atomic mass is 32.1. The van der Waals surface area contributed by atoms with E-state index in [-0.39, 0.29) is 11.9 Å². The zero-order valence-corrected chi connectivity index (χ0v) is 7.13. The third-order valence-electron chi connectivity index (χ3n) is 1.64. The third kappa shape index (κ3) is 1.46. The highest BCUT2D eigenvalue weighted by molar-refractivity contribution is 7.07. The average Bonchev–Trinajstić information content (AvgIpc) is 2.47. The molecule has 4 nitrogen and oxygen atoms in total. The molecule has 1 aliphatic heterocycles. The molecule has 1 fully saturated rings. The van der Waals surface area contributed by atoms with Crippen molar-refractivity contribution in [2.24, 2.45) is 0 Å². The molecule has 5 heteroatoms. The van der Waals surface area contributed by atoms with Crippen molar-refractivity contribution in [3.63, 3.8) is 0 Å². The summed E-state index contributed by atoms with van der Waals surface area (Å²) in [5.74, 6) is -0.107. The van der Waals surface area contributed by atoms with E-state index in [0.717, 1.165) is 0 Å². The molecule has 1 aromatic heterocycles. The molecule has 1 aromatic rings. The SMILES string of the molecule is O=C(NC1COC1)c1cscn1. The molecule has 0 atom stereocenters. The maximum Gasteiger partial charge on any atom is 0.271 e. The summed E-state index contributed by atoms with van der Waals surface area (Å²) in [6, 6.07) is 0.180. The van der Waals surface area contributed by atoms with Crippen LogP contribution < -0.4 is 5.32 Å². The van der Waals surface area contributed by atoms with Crippen LogP contribution in [0.2, 0.25) is 0 Å². The topological polar surface area (TPSA) is 51.2 Å². The smallest absolute Gasteiger partial charge is 0.271 e. The zero-order valence-electron chi connectivity index (χ0n) is 6.32. The van der Waals surface area contributed by atoms with Crippen LogP contribution >= 0.6 is 11.3 Å². The third-order valence-corrected chi connectivity index (χ3v) is 2.22. The van der Waals surface area contributed by atoms with Crippen LogP contribution in [0.1, 0.15) is 10.5 Å². The van der Waals surface area contributed by atoms with Crippen LogP contribution in [0.5, 0.6) is 0 Å². The van der Waals surface area contributed by atoms with E-state index in [1.807, 2.05) is 0 Å². The Kier molecular flexibility index (Phi) is 2.05. The molecule has 1 saturated heterocycles. The van der Waals surface area contributed by atoms with Crippen molar-refractivity contribution in [1.29, 1.82) is 0 Å². The molecule has 0 bridgehead atoms. The van der Waals surface area contributed by atoms with E-state index in [0.29, 0.717) is 18.9 Å². The lowest BCUT2D eigenvalue weighted by Crippen LogP contribution is -2.48. The molecule has 2 rings (SSSR count). The minimum atomic E-state index is -0.107. The van der Waals surface area contributed by atoms with E-state index >= 15 is 0 Å². The van der Waals surface area contributed by atoms with Crippen LogP contribution in [0.3, 0.4) is 0 Å². The van der Waals surface area contributed by atoms with Gasteiger partial charge in [-0.05, 0) is 0 Å². The van der Waals surface area contributed by atoms with Gasteiger partial charge in [0, 0.05) is 5.38 Å². The van der Waals surface area contributed by atoms with Gasteiger partial charge < -0.3 is 10.1 Å². The molecule has 0 spiro atoms. The molecule has 0 unspecified atom stereocenters. The zero-order chi connectivity index (χ0) is 8.39. The Labute approximate surface area is 73.6 Å². The molecule has 0 aromatic carbocycles. The molecule has 1 N–H and O–H groups in total. The molecule has 0 aliphatic carbocycles. The lowest BCUT2D eigenvalue weighted by molar-refractivity contribution is -0.00353. The van der Waals surface area contributed by atoms with Crippen molar-refractivity contribution < 1.29 is 9.53 Å². The first-order valence-electron chi connectivity index (χ1n) is 3.63. The van der Waals surface area contributed by atoms with Gasteiger partial charge in [-0.3, -0.25) is 4.79 Å². The van der Waals surface area contributed by atoms with Crippen LogP contribution in [0.25, 0.3) is 0 Å². The van der Waals surface area contributed by atoms with Crippen LogP contribution in [0.15, 0.2) is 10.9 Å². The minimum absolute atomic E-state index is 0.107. The quantitative estimate of drug-likeness (QED) is 0.717. The van der Waals surface area contributed by atoms with E-state index in [2.05, 4.69) is 10.3 Å². The number of carbonyl (C=O) groups excluding carboxylic acids is 1. The van der Waals surface area contributed by atoms with Crippen molar-refractivity contribution in [2.45, 2.75) is 6.04 Å². The van der Waals surface area contributed by atoms with Crippen molar-refractivity contribution in [2.75, 3.05) is 13.2 Å². The number of thiazole rings is 1. The van der Waals surface area contributed by atoms with Crippen LogP contribution in [0.4, 0.5) is 0 Å². The molecular formula is C7H8N2O2S. The number of ether oxygens (including phenoxy) is 1. The lowest BCUT2D eigenvalue weighted by atomic mass is 10.2. The summed E-state index contributed by atoms with van der Waals surface area (Å²) >= 11 is 1.42. The summed E-state index contributed by atoms with van der Waals surface area (Å²) in [6.07, 6.45) is 0. The maximum atomic E-state index is 11.3. The van der Waals surface area contributed by atoms with Crippen molar-refractivity contribution in [3.8, 4) is 0 Å². The normalized spacial score (nSPS) is 17.0. The van der Waals surface area contributed by atoms with Gasteiger partial charge >= 0.3 is 0 Å². The number of nitrogens with zero attached hydrogens (tertiary/aromatic N) is 1. The van der Waals surface area contributed by atoms with Crippen LogP contribution in [-0.2, 0) is 4.74 Å². The van der Waals surface area contributed by atoms with Gasteiger partial charge in [-0.15, -0.1) is 11.3 Å². The number of hydrogen-bond donors (Lipinski definition) is 1. The molecule has 1 amide bonds.